The molecule has 3 nitrogen and oxygen atoms in total. The molecule has 0 aromatic heterocycles. The quantitative estimate of drug-likeness (QED) is 0.657. The molecule has 130 valence electrons. The first-order chi connectivity index (χ1) is 12.7. The van der Waals surface area contributed by atoms with E-state index in [2.05, 4.69) is 18.2 Å². The van der Waals surface area contributed by atoms with Gasteiger partial charge in [0.05, 0.1) is 28.4 Å². The summed E-state index contributed by atoms with van der Waals surface area (Å²) in [6.45, 7) is 1.98. The van der Waals surface area contributed by atoms with Crippen LogP contribution in [0.3, 0.4) is 0 Å². The Kier molecular flexibility index (Phi) is 3.52. The Morgan fingerprint density at radius 1 is 0.885 bits per heavy atom. The van der Waals surface area contributed by atoms with Crippen LogP contribution in [-0.2, 0) is 15.6 Å². The van der Waals surface area contributed by atoms with Gasteiger partial charge in [-0.2, -0.15) is 0 Å². The number of anilines is 1. The third kappa shape index (κ3) is 2.12. The van der Waals surface area contributed by atoms with E-state index in [-0.39, 0.29) is 12.0 Å². The molecule has 4 unspecified atom stereocenters. The van der Waals surface area contributed by atoms with E-state index in [0.29, 0.717) is 0 Å². The average Bonchev–Trinajstić information content (AvgIpc) is 3.13. The number of hydroxylamine groups is 1. The second-order valence-corrected chi connectivity index (χ2v) is 8.70. The minimum Gasteiger partial charge on any atom is -0.252 e. The number of benzene rings is 3. The minimum absolute atomic E-state index is 0.00198. The Morgan fingerprint density at radius 3 is 2.23 bits per heavy atom. The molecule has 26 heavy (non-hydrogen) atoms. The molecule has 0 saturated carbocycles. The number of hydrogen-bond acceptors (Lipinski definition) is 3. The highest BCUT2D eigenvalue weighted by molar-refractivity contribution is 7.86. The van der Waals surface area contributed by atoms with E-state index in [9.17, 15) is 4.21 Å². The Morgan fingerprint density at radius 2 is 1.50 bits per heavy atom. The van der Waals surface area contributed by atoms with Crippen LogP contribution in [-0.4, -0.2) is 9.14 Å². The van der Waals surface area contributed by atoms with Crippen LogP contribution in [0.1, 0.15) is 30.0 Å². The Hall–Kier alpha value is -2.43. The van der Waals surface area contributed by atoms with Crippen LogP contribution < -0.4 is 5.06 Å². The van der Waals surface area contributed by atoms with Gasteiger partial charge in [0.2, 0.25) is 0 Å². The average molecular weight is 361 g/mol. The summed E-state index contributed by atoms with van der Waals surface area (Å²) in [5.41, 5.74) is 3.27. The number of hydrogen-bond donors (Lipinski definition) is 0. The van der Waals surface area contributed by atoms with Crippen LogP contribution in [0, 0.1) is 0 Å². The first kappa shape index (κ1) is 15.8. The molecule has 4 heteroatoms. The van der Waals surface area contributed by atoms with Gasteiger partial charge >= 0.3 is 0 Å². The number of para-hydroxylation sites is 1. The van der Waals surface area contributed by atoms with Gasteiger partial charge in [0.1, 0.15) is 0 Å². The molecule has 0 radical (unpaired) electrons. The van der Waals surface area contributed by atoms with Crippen molar-refractivity contribution < 1.29 is 9.05 Å². The van der Waals surface area contributed by atoms with E-state index in [0.717, 1.165) is 16.1 Å². The maximum absolute atomic E-state index is 13.3. The fourth-order valence-electron chi connectivity index (χ4n) is 4.22. The predicted octanol–water partition coefficient (Wildman–Crippen LogP) is 4.80. The largest absolute Gasteiger partial charge is 0.252 e. The Labute approximate surface area is 155 Å². The van der Waals surface area contributed by atoms with E-state index in [1.165, 1.54) is 5.56 Å². The van der Waals surface area contributed by atoms with Crippen molar-refractivity contribution in [3.63, 3.8) is 0 Å². The fraction of sp³-hybridized carbons (Fsp3) is 0.182. The van der Waals surface area contributed by atoms with Crippen LogP contribution in [0.5, 0.6) is 0 Å². The molecular weight excluding hydrogens is 342 g/mol. The van der Waals surface area contributed by atoms with Gasteiger partial charge in [-0.15, -0.1) is 0 Å². The van der Waals surface area contributed by atoms with E-state index in [4.69, 9.17) is 4.84 Å². The molecule has 0 N–H and O–H groups in total. The lowest BCUT2D eigenvalue weighted by Gasteiger charge is -2.28. The summed E-state index contributed by atoms with van der Waals surface area (Å²) < 4.78 is 13.3. The molecule has 2 aliphatic rings. The molecule has 0 amide bonds. The number of nitrogens with zero attached hydrogens (tertiary/aromatic N) is 1. The van der Waals surface area contributed by atoms with Crippen molar-refractivity contribution in [1.82, 2.24) is 0 Å². The zero-order chi connectivity index (χ0) is 17.7. The maximum atomic E-state index is 13.3. The lowest BCUT2D eigenvalue weighted by atomic mass is 9.84. The Bertz CT molecular complexity index is 976. The molecule has 0 spiro atoms. The molecular formula is C22H19NO2S. The van der Waals surface area contributed by atoms with Crippen molar-refractivity contribution in [1.29, 1.82) is 0 Å². The number of rotatable bonds is 2. The molecule has 3 aromatic carbocycles. The van der Waals surface area contributed by atoms with Crippen LogP contribution in [0.2, 0.25) is 0 Å². The SMILES string of the molecule is CC12ON(c3ccccc3)C(c3ccccc3)C1c1ccccc1S2=O. The normalized spacial score (nSPS) is 29.4. The van der Waals surface area contributed by atoms with Gasteiger partial charge in [0.25, 0.3) is 0 Å². The summed E-state index contributed by atoms with van der Waals surface area (Å²) in [7, 11) is -1.22. The van der Waals surface area contributed by atoms with E-state index >= 15 is 0 Å². The molecule has 2 aliphatic heterocycles. The molecule has 4 atom stereocenters. The molecule has 1 fully saturated rings. The van der Waals surface area contributed by atoms with Crippen molar-refractivity contribution in [2.45, 2.75) is 28.7 Å². The highest BCUT2D eigenvalue weighted by Gasteiger charge is 2.61. The summed E-state index contributed by atoms with van der Waals surface area (Å²) in [6.07, 6.45) is 0. The third-order valence-electron chi connectivity index (χ3n) is 5.39. The molecule has 0 aliphatic carbocycles. The zero-order valence-electron chi connectivity index (χ0n) is 14.4. The fourth-order valence-corrected chi connectivity index (χ4v) is 5.91. The van der Waals surface area contributed by atoms with Crippen molar-refractivity contribution in [2.75, 3.05) is 5.06 Å². The summed E-state index contributed by atoms with van der Waals surface area (Å²) in [6, 6.07) is 28.4. The molecule has 2 heterocycles. The minimum atomic E-state index is -1.22. The lowest BCUT2D eigenvalue weighted by Crippen LogP contribution is -2.32. The zero-order valence-corrected chi connectivity index (χ0v) is 15.2. The van der Waals surface area contributed by atoms with Gasteiger partial charge in [-0.25, -0.2) is 5.06 Å². The summed E-state index contributed by atoms with van der Waals surface area (Å²) in [5.74, 6) is 0.00198. The summed E-state index contributed by atoms with van der Waals surface area (Å²) in [4.78, 5) is 6.57. The third-order valence-corrected chi connectivity index (χ3v) is 7.22. The van der Waals surface area contributed by atoms with Gasteiger partial charge in [0.15, 0.2) is 4.93 Å². The first-order valence-electron chi connectivity index (χ1n) is 8.79. The van der Waals surface area contributed by atoms with E-state index in [1.807, 2.05) is 78.7 Å². The molecule has 1 saturated heterocycles. The van der Waals surface area contributed by atoms with Crippen molar-refractivity contribution in [3.05, 3.63) is 96.1 Å². The van der Waals surface area contributed by atoms with Gasteiger partial charge < -0.3 is 0 Å². The van der Waals surface area contributed by atoms with Crippen LogP contribution in [0.15, 0.2) is 89.8 Å². The van der Waals surface area contributed by atoms with Gasteiger partial charge in [-0.05, 0) is 36.2 Å². The second kappa shape index (κ2) is 5.79. The lowest BCUT2D eigenvalue weighted by molar-refractivity contribution is 0.0632. The van der Waals surface area contributed by atoms with Crippen LogP contribution in [0.4, 0.5) is 5.69 Å². The van der Waals surface area contributed by atoms with E-state index in [1.54, 1.807) is 0 Å². The van der Waals surface area contributed by atoms with Gasteiger partial charge in [-0.1, -0.05) is 66.7 Å². The smallest absolute Gasteiger partial charge is 0.181 e. The predicted molar refractivity (Wildman–Crippen MR) is 103 cm³/mol. The van der Waals surface area contributed by atoms with Crippen LogP contribution >= 0.6 is 0 Å². The standard InChI is InChI=1S/C22H19NO2S/c1-22-20(18-14-8-9-15-19(18)26(22)24)21(16-10-4-2-5-11-16)23(25-22)17-12-6-3-7-13-17/h2-15,20-21H,1H3. The van der Waals surface area contributed by atoms with Gasteiger partial charge in [0, 0.05) is 4.90 Å². The number of fused-ring (bicyclic) bond motifs is 3. The summed E-state index contributed by atoms with van der Waals surface area (Å²) in [5, 5.41) is 1.95. The van der Waals surface area contributed by atoms with Crippen LogP contribution in [0.25, 0.3) is 0 Å². The maximum Gasteiger partial charge on any atom is 0.181 e. The molecule has 5 rings (SSSR count). The van der Waals surface area contributed by atoms with Crippen molar-refractivity contribution in [3.8, 4) is 0 Å². The van der Waals surface area contributed by atoms with Gasteiger partial charge in [-0.3, -0.25) is 9.05 Å². The first-order valence-corrected chi connectivity index (χ1v) is 9.94. The van der Waals surface area contributed by atoms with E-state index < -0.39 is 15.7 Å². The van der Waals surface area contributed by atoms with Crippen molar-refractivity contribution >= 4 is 16.5 Å². The Balaban J connectivity index is 1.72. The summed E-state index contributed by atoms with van der Waals surface area (Å²) >= 11 is 0. The molecule has 0 bridgehead atoms. The van der Waals surface area contributed by atoms with Crippen molar-refractivity contribution in [2.24, 2.45) is 0 Å². The molecule has 3 aromatic rings. The second-order valence-electron chi connectivity index (χ2n) is 6.91. The highest BCUT2D eigenvalue weighted by Crippen LogP contribution is 2.59. The monoisotopic (exact) mass is 361 g/mol. The topological polar surface area (TPSA) is 29.5 Å². The highest BCUT2D eigenvalue weighted by atomic mass is 32.2.